The van der Waals surface area contributed by atoms with Gasteiger partial charge in [0, 0.05) is 23.6 Å². The molecule has 0 aliphatic rings. The van der Waals surface area contributed by atoms with Crippen molar-refractivity contribution in [1.82, 2.24) is 10.3 Å². The zero-order valence-corrected chi connectivity index (χ0v) is 14.5. The molecule has 1 heterocycles. The minimum Gasteiger partial charge on any atom is -0.326 e. The maximum atomic E-state index is 12.6. The lowest BCUT2D eigenvalue weighted by atomic mass is 10.1. The highest BCUT2D eigenvalue weighted by Crippen LogP contribution is 2.09. The van der Waals surface area contributed by atoms with Crippen LogP contribution in [0.15, 0.2) is 84.1 Å². The summed E-state index contributed by atoms with van der Waals surface area (Å²) in [5.74, 6) is 0.210. The monoisotopic (exact) mass is 344 g/mol. The number of aliphatic imine (C=N–C) groups is 1. The fourth-order valence-electron chi connectivity index (χ4n) is 2.43. The summed E-state index contributed by atoms with van der Waals surface area (Å²) >= 11 is 0. The zero-order chi connectivity index (χ0) is 18.2. The van der Waals surface area contributed by atoms with Gasteiger partial charge in [0.25, 0.3) is 5.91 Å². The van der Waals surface area contributed by atoms with Crippen LogP contribution in [0.25, 0.3) is 0 Å². The van der Waals surface area contributed by atoms with Gasteiger partial charge in [0.2, 0.25) is 5.96 Å². The number of aromatic nitrogens is 1. The number of rotatable bonds is 4. The minimum atomic E-state index is -0.194. The number of nitrogens with zero attached hydrogens (tertiary/aromatic N) is 2. The third-order valence-electron chi connectivity index (χ3n) is 3.83. The normalized spacial score (nSPS) is 11.0. The summed E-state index contributed by atoms with van der Waals surface area (Å²) in [6, 6.07) is 20.9. The van der Waals surface area contributed by atoms with E-state index >= 15 is 0 Å². The molecule has 0 fully saturated rings. The molecule has 5 nitrogen and oxygen atoms in total. The van der Waals surface area contributed by atoms with Crippen LogP contribution in [0.3, 0.4) is 0 Å². The molecule has 0 aliphatic heterocycles. The number of guanidine groups is 1. The largest absolute Gasteiger partial charge is 0.326 e. The third-order valence-corrected chi connectivity index (χ3v) is 3.83. The summed E-state index contributed by atoms with van der Waals surface area (Å²) in [5.41, 5.74) is 3.40. The number of carbonyl (C=O) groups is 1. The summed E-state index contributed by atoms with van der Waals surface area (Å²) in [4.78, 5) is 21.2. The topological polar surface area (TPSA) is 66.4 Å². The molecule has 3 rings (SSSR count). The number of nitrogens with one attached hydrogen (secondary N) is 2. The molecular formula is C21H20N4O. The van der Waals surface area contributed by atoms with Crippen molar-refractivity contribution >= 4 is 17.6 Å². The number of amides is 1. The highest BCUT2D eigenvalue weighted by Gasteiger charge is 2.11. The molecule has 0 saturated heterocycles. The molecule has 0 aliphatic carbocycles. The van der Waals surface area contributed by atoms with E-state index in [0.717, 1.165) is 16.8 Å². The Morgan fingerprint density at radius 3 is 2.38 bits per heavy atom. The lowest BCUT2D eigenvalue weighted by Gasteiger charge is -2.13. The van der Waals surface area contributed by atoms with Crippen LogP contribution >= 0.6 is 0 Å². The number of benzene rings is 2. The third kappa shape index (κ3) is 4.77. The number of para-hydroxylation sites is 1. The first-order chi connectivity index (χ1) is 12.7. The standard InChI is InChI=1S/C21H20N4O/c1-16-7-5-6-10-19(16)20(26)25-21(24-18-8-3-2-4-9-18)23-15-17-11-13-22-14-12-17/h2-14H,15H2,1H3,(H2,23,24,25,26). The van der Waals surface area contributed by atoms with E-state index in [0.29, 0.717) is 18.1 Å². The number of hydrogen-bond donors (Lipinski definition) is 2. The zero-order valence-electron chi connectivity index (χ0n) is 14.5. The first-order valence-electron chi connectivity index (χ1n) is 8.35. The highest BCUT2D eigenvalue weighted by atomic mass is 16.1. The Kier molecular flexibility index (Phi) is 5.72. The molecule has 0 bridgehead atoms. The molecule has 0 saturated carbocycles. The quantitative estimate of drug-likeness (QED) is 0.559. The van der Waals surface area contributed by atoms with Gasteiger partial charge in [0.15, 0.2) is 0 Å². The van der Waals surface area contributed by atoms with Gasteiger partial charge >= 0.3 is 0 Å². The smallest absolute Gasteiger partial charge is 0.258 e. The van der Waals surface area contributed by atoms with Gasteiger partial charge in [-0.3, -0.25) is 15.1 Å². The van der Waals surface area contributed by atoms with Gasteiger partial charge in [-0.15, -0.1) is 0 Å². The van der Waals surface area contributed by atoms with Crippen LogP contribution in [0.1, 0.15) is 21.5 Å². The number of hydrogen-bond acceptors (Lipinski definition) is 3. The Hall–Kier alpha value is -3.47. The van der Waals surface area contributed by atoms with Gasteiger partial charge in [0.1, 0.15) is 0 Å². The van der Waals surface area contributed by atoms with Crippen molar-refractivity contribution in [3.8, 4) is 0 Å². The highest BCUT2D eigenvalue weighted by molar-refractivity contribution is 6.10. The van der Waals surface area contributed by atoms with E-state index in [2.05, 4.69) is 20.6 Å². The van der Waals surface area contributed by atoms with E-state index in [9.17, 15) is 4.79 Å². The van der Waals surface area contributed by atoms with Gasteiger partial charge in [-0.25, -0.2) is 4.99 Å². The van der Waals surface area contributed by atoms with Crippen LogP contribution in [0.2, 0.25) is 0 Å². The molecule has 2 N–H and O–H groups in total. The van der Waals surface area contributed by atoms with E-state index in [1.54, 1.807) is 18.5 Å². The van der Waals surface area contributed by atoms with Crippen molar-refractivity contribution in [2.24, 2.45) is 4.99 Å². The Labute approximate surface area is 152 Å². The average Bonchev–Trinajstić information content (AvgIpc) is 2.68. The second-order valence-electron chi connectivity index (χ2n) is 5.78. The van der Waals surface area contributed by atoms with Crippen LogP contribution in [0, 0.1) is 6.92 Å². The fraction of sp³-hybridized carbons (Fsp3) is 0.0952. The summed E-state index contributed by atoms with van der Waals surface area (Å²) in [6.07, 6.45) is 3.45. The van der Waals surface area contributed by atoms with Crippen molar-refractivity contribution < 1.29 is 4.79 Å². The summed E-state index contributed by atoms with van der Waals surface area (Å²) in [6.45, 7) is 2.35. The van der Waals surface area contributed by atoms with E-state index < -0.39 is 0 Å². The molecule has 0 radical (unpaired) electrons. The van der Waals surface area contributed by atoms with Gasteiger partial charge in [-0.2, -0.15) is 0 Å². The molecule has 0 atom stereocenters. The lowest BCUT2D eigenvalue weighted by molar-refractivity contribution is 0.0976. The van der Waals surface area contributed by atoms with Gasteiger partial charge in [0.05, 0.1) is 6.54 Å². The van der Waals surface area contributed by atoms with Gasteiger partial charge in [-0.05, 0) is 48.4 Å². The summed E-state index contributed by atoms with van der Waals surface area (Å²) < 4.78 is 0. The Morgan fingerprint density at radius 1 is 0.962 bits per heavy atom. The molecule has 0 unspecified atom stereocenters. The molecule has 1 aromatic heterocycles. The second kappa shape index (κ2) is 8.58. The second-order valence-corrected chi connectivity index (χ2v) is 5.78. The maximum Gasteiger partial charge on any atom is 0.258 e. The van der Waals surface area contributed by atoms with Crippen LogP contribution in [0.5, 0.6) is 0 Å². The van der Waals surface area contributed by atoms with E-state index in [1.165, 1.54) is 0 Å². The Balaban J connectivity index is 1.80. The van der Waals surface area contributed by atoms with Crippen molar-refractivity contribution in [2.45, 2.75) is 13.5 Å². The van der Waals surface area contributed by atoms with Crippen molar-refractivity contribution in [3.63, 3.8) is 0 Å². The van der Waals surface area contributed by atoms with Crippen molar-refractivity contribution in [3.05, 3.63) is 95.8 Å². The summed E-state index contributed by atoms with van der Waals surface area (Å²) in [5, 5.41) is 6.05. The predicted molar refractivity (Wildman–Crippen MR) is 104 cm³/mol. The summed E-state index contributed by atoms with van der Waals surface area (Å²) in [7, 11) is 0. The molecule has 130 valence electrons. The van der Waals surface area contributed by atoms with Crippen LogP contribution in [-0.4, -0.2) is 16.9 Å². The molecule has 2 aromatic carbocycles. The first kappa shape index (κ1) is 17.4. The van der Waals surface area contributed by atoms with Crippen molar-refractivity contribution in [1.29, 1.82) is 0 Å². The molecule has 0 spiro atoms. The number of carbonyl (C=O) groups excluding carboxylic acids is 1. The van der Waals surface area contributed by atoms with Crippen molar-refractivity contribution in [2.75, 3.05) is 5.32 Å². The molecule has 3 aromatic rings. The maximum absolute atomic E-state index is 12.6. The van der Waals surface area contributed by atoms with Gasteiger partial charge in [-0.1, -0.05) is 36.4 Å². The minimum absolute atomic E-state index is 0.194. The molecule has 5 heteroatoms. The van der Waals surface area contributed by atoms with Crippen LogP contribution < -0.4 is 10.6 Å². The number of aryl methyl sites for hydroxylation is 1. The predicted octanol–water partition coefficient (Wildman–Crippen LogP) is 3.79. The van der Waals surface area contributed by atoms with Gasteiger partial charge < -0.3 is 5.32 Å². The lowest BCUT2D eigenvalue weighted by Crippen LogP contribution is -2.36. The number of anilines is 1. The van der Waals surface area contributed by atoms with Crippen LogP contribution in [-0.2, 0) is 6.54 Å². The van der Waals surface area contributed by atoms with E-state index in [1.807, 2.05) is 67.6 Å². The average molecular weight is 344 g/mol. The number of pyridine rings is 1. The Morgan fingerprint density at radius 2 is 1.65 bits per heavy atom. The van der Waals surface area contributed by atoms with E-state index in [4.69, 9.17) is 0 Å². The molecular weight excluding hydrogens is 324 g/mol. The molecule has 26 heavy (non-hydrogen) atoms. The fourth-order valence-corrected chi connectivity index (χ4v) is 2.43. The first-order valence-corrected chi connectivity index (χ1v) is 8.35. The Bertz CT molecular complexity index is 892. The van der Waals surface area contributed by atoms with Crippen LogP contribution in [0.4, 0.5) is 5.69 Å². The SMILES string of the molecule is Cc1ccccc1C(=O)NC(=NCc1ccncc1)Nc1ccccc1. The molecule has 1 amide bonds. The van der Waals surface area contributed by atoms with E-state index in [-0.39, 0.29) is 5.91 Å².